The van der Waals surface area contributed by atoms with E-state index >= 15 is 0 Å². The van der Waals surface area contributed by atoms with Gasteiger partial charge >= 0.3 is 12.0 Å². The highest BCUT2D eigenvalue weighted by Gasteiger charge is 2.14. The van der Waals surface area contributed by atoms with Crippen molar-refractivity contribution in [2.24, 2.45) is 5.92 Å². The van der Waals surface area contributed by atoms with E-state index in [9.17, 15) is 9.59 Å². The summed E-state index contributed by atoms with van der Waals surface area (Å²) in [5.41, 5.74) is 0. The minimum atomic E-state index is -0.829. The Balaban J connectivity index is 3.88. The minimum Gasteiger partial charge on any atom is -0.481 e. The van der Waals surface area contributed by atoms with Gasteiger partial charge in [-0.3, -0.25) is 4.79 Å². The molecule has 0 radical (unpaired) electrons. The van der Waals surface area contributed by atoms with Crippen molar-refractivity contribution in [3.05, 3.63) is 0 Å². The van der Waals surface area contributed by atoms with Crippen LogP contribution in [-0.4, -0.2) is 55.9 Å². The summed E-state index contributed by atoms with van der Waals surface area (Å²) in [5.74, 6) is -0.844. The van der Waals surface area contributed by atoms with E-state index in [4.69, 9.17) is 9.84 Å². The van der Waals surface area contributed by atoms with Gasteiger partial charge in [0, 0.05) is 40.3 Å². The Morgan fingerprint density at radius 2 is 2.11 bits per heavy atom. The Kier molecular flexibility index (Phi) is 9.00. The zero-order chi connectivity index (χ0) is 14.0. The Morgan fingerprint density at radius 1 is 1.44 bits per heavy atom. The lowest BCUT2D eigenvalue weighted by Crippen LogP contribution is -2.40. The third-order valence-corrected chi connectivity index (χ3v) is 2.77. The Bertz CT molecular complexity index is 258. The largest absolute Gasteiger partial charge is 0.481 e. The van der Waals surface area contributed by atoms with Crippen LogP contribution in [0.4, 0.5) is 4.79 Å². The van der Waals surface area contributed by atoms with E-state index in [0.717, 1.165) is 12.8 Å². The van der Waals surface area contributed by atoms with Crippen molar-refractivity contribution in [2.75, 3.05) is 33.9 Å². The number of methoxy groups -OCH3 is 1. The molecule has 1 atom stereocenters. The molecule has 0 saturated heterocycles. The molecular weight excluding hydrogens is 236 g/mol. The second kappa shape index (κ2) is 9.70. The van der Waals surface area contributed by atoms with Crippen LogP contribution in [0.5, 0.6) is 0 Å². The van der Waals surface area contributed by atoms with Gasteiger partial charge in [0.05, 0.1) is 0 Å². The number of aliphatic carboxylic acids is 1. The van der Waals surface area contributed by atoms with Gasteiger partial charge in [-0.25, -0.2) is 4.79 Å². The molecule has 0 spiro atoms. The lowest BCUT2D eigenvalue weighted by atomic mass is 10.0. The number of hydrogen-bond donors (Lipinski definition) is 2. The van der Waals surface area contributed by atoms with Crippen LogP contribution in [0.25, 0.3) is 0 Å². The molecular formula is C12H24N2O4. The summed E-state index contributed by atoms with van der Waals surface area (Å²) in [4.78, 5) is 23.8. The third kappa shape index (κ3) is 7.89. The van der Waals surface area contributed by atoms with Crippen LogP contribution in [0, 0.1) is 5.92 Å². The molecule has 0 bridgehead atoms. The molecule has 1 unspecified atom stereocenters. The molecule has 6 nitrogen and oxygen atoms in total. The molecule has 0 aliphatic rings. The minimum absolute atomic E-state index is 0.0150. The molecule has 6 heteroatoms. The first kappa shape index (κ1) is 16.7. The Morgan fingerprint density at radius 3 is 2.61 bits per heavy atom. The number of carbonyl (C=O) groups excluding carboxylic acids is 1. The van der Waals surface area contributed by atoms with Crippen molar-refractivity contribution in [3.63, 3.8) is 0 Å². The van der Waals surface area contributed by atoms with Crippen molar-refractivity contribution in [2.45, 2.75) is 26.2 Å². The molecule has 0 rings (SSSR count). The van der Waals surface area contributed by atoms with Gasteiger partial charge in [0.15, 0.2) is 0 Å². The molecule has 0 aromatic carbocycles. The average molecular weight is 260 g/mol. The summed E-state index contributed by atoms with van der Waals surface area (Å²) in [6.45, 7) is 3.56. The fourth-order valence-corrected chi connectivity index (χ4v) is 1.52. The van der Waals surface area contributed by atoms with Crippen LogP contribution in [-0.2, 0) is 9.53 Å². The maximum atomic E-state index is 11.7. The number of carboxylic acids is 1. The molecule has 0 aliphatic heterocycles. The number of urea groups is 1. The zero-order valence-corrected chi connectivity index (χ0v) is 11.4. The maximum absolute atomic E-state index is 11.7. The number of carbonyl (C=O) groups is 2. The van der Waals surface area contributed by atoms with Crippen LogP contribution in [0.1, 0.15) is 26.2 Å². The van der Waals surface area contributed by atoms with E-state index in [-0.39, 0.29) is 18.4 Å². The molecule has 0 aromatic heterocycles. The number of amides is 2. The van der Waals surface area contributed by atoms with Crippen molar-refractivity contribution in [3.8, 4) is 0 Å². The van der Waals surface area contributed by atoms with Gasteiger partial charge in [-0.2, -0.15) is 0 Å². The number of carboxylic acid groups (broad SMARTS) is 1. The maximum Gasteiger partial charge on any atom is 0.317 e. The summed E-state index contributed by atoms with van der Waals surface area (Å²) < 4.78 is 4.91. The van der Waals surface area contributed by atoms with Crippen LogP contribution in [0.15, 0.2) is 0 Å². The number of hydrogen-bond acceptors (Lipinski definition) is 3. The lowest BCUT2D eigenvalue weighted by molar-refractivity contribution is -0.138. The van der Waals surface area contributed by atoms with E-state index in [1.54, 1.807) is 19.1 Å². The predicted molar refractivity (Wildman–Crippen MR) is 68.6 cm³/mol. The smallest absolute Gasteiger partial charge is 0.317 e. The van der Waals surface area contributed by atoms with E-state index < -0.39 is 5.97 Å². The summed E-state index contributed by atoms with van der Waals surface area (Å²) in [5, 5.41) is 11.4. The number of rotatable bonds is 9. The topological polar surface area (TPSA) is 78.9 Å². The third-order valence-electron chi connectivity index (χ3n) is 2.77. The molecule has 0 aliphatic carbocycles. The number of ether oxygens (including phenoxy) is 1. The van der Waals surface area contributed by atoms with E-state index in [2.05, 4.69) is 5.32 Å². The number of nitrogens with one attached hydrogen (secondary N) is 1. The van der Waals surface area contributed by atoms with Gasteiger partial charge in [0.2, 0.25) is 0 Å². The van der Waals surface area contributed by atoms with Crippen molar-refractivity contribution >= 4 is 12.0 Å². The van der Waals surface area contributed by atoms with Crippen LogP contribution >= 0.6 is 0 Å². The SMILES string of the molecule is CCC(CNC(=O)N(C)CCCOC)CC(=O)O. The predicted octanol–water partition coefficient (Wildman–Crippen LogP) is 1.17. The molecule has 2 N–H and O–H groups in total. The quantitative estimate of drug-likeness (QED) is 0.610. The molecule has 106 valence electrons. The fourth-order valence-electron chi connectivity index (χ4n) is 1.52. The summed E-state index contributed by atoms with van der Waals surface area (Å²) in [7, 11) is 3.33. The Hall–Kier alpha value is -1.30. The van der Waals surface area contributed by atoms with E-state index in [1.165, 1.54) is 0 Å². The van der Waals surface area contributed by atoms with Crippen molar-refractivity contribution in [1.29, 1.82) is 0 Å². The lowest BCUT2D eigenvalue weighted by Gasteiger charge is -2.20. The summed E-state index contributed by atoms with van der Waals surface area (Å²) >= 11 is 0. The first-order valence-electron chi connectivity index (χ1n) is 6.20. The van der Waals surface area contributed by atoms with Crippen LogP contribution in [0.2, 0.25) is 0 Å². The highest BCUT2D eigenvalue weighted by molar-refractivity contribution is 5.74. The Labute approximate surface area is 108 Å². The van der Waals surface area contributed by atoms with Crippen LogP contribution in [0.3, 0.4) is 0 Å². The monoisotopic (exact) mass is 260 g/mol. The van der Waals surface area contributed by atoms with Gasteiger partial charge in [0.1, 0.15) is 0 Å². The highest BCUT2D eigenvalue weighted by atomic mass is 16.5. The van der Waals surface area contributed by atoms with Gasteiger partial charge in [0.25, 0.3) is 0 Å². The second-order valence-electron chi connectivity index (χ2n) is 4.33. The summed E-state index contributed by atoms with van der Waals surface area (Å²) in [6, 6.07) is -0.171. The second-order valence-corrected chi connectivity index (χ2v) is 4.33. The van der Waals surface area contributed by atoms with E-state index in [1.807, 2.05) is 6.92 Å². The molecule has 0 saturated carbocycles. The first-order valence-corrected chi connectivity index (χ1v) is 6.20. The van der Waals surface area contributed by atoms with Crippen molar-refractivity contribution < 1.29 is 19.4 Å². The number of nitrogens with zero attached hydrogens (tertiary/aromatic N) is 1. The fraction of sp³-hybridized carbons (Fsp3) is 0.833. The molecule has 0 heterocycles. The van der Waals surface area contributed by atoms with Gasteiger partial charge < -0.3 is 20.1 Å². The van der Waals surface area contributed by atoms with E-state index in [0.29, 0.717) is 19.7 Å². The highest BCUT2D eigenvalue weighted by Crippen LogP contribution is 2.06. The first-order chi connectivity index (χ1) is 8.51. The van der Waals surface area contributed by atoms with Gasteiger partial charge in [-0.15, -0.1) is 0 Å². The normalized spacial score (nSPS) is 11.9. The molecule has 0 fully saturated rings. The molecule has 0 aromatic rings. The average Bonchev–Trinajstić information content (AvgIpc) is 2.33. The molecule has 2 amide bonds. The molecule has 18 heavy (non-hydrogen) atoms. The van der Waals surface area contributed by atoms with Gasteiger partial charge in [-0.05, 0) is 12.3 Å². The summed E-state index contributed by atoms with van der Waals surface area (Å²) in [6.07, 6.45) is 1.61. The van der Waals surface area contributed by atoms with Crippen molar-refractivity contribution in [1.82, 2.24) is 10.2 Å². The van der Waals surface area contributed by atoms with Crippen LogP contribution < -0.4 is 5.32 Å². The van der Waals surface area contributed by atoms with Gasteiger partial charge in [-0.1, -0.05) is 13.3 Å². The standard InChI is InChI=1S/C12H24N2O4/c1-4-10(8-11(15)16)9-13-12(17)14(2)6-5-7-18-3/h10H,4-9H2,1-3H3,(H,13,17)(H,15,16). The zero-order valence-electron chi connectivity index (χ0n) is 11.4.